The van der Waals surface area contributed by atoms with E-state index < -0.39 is 11.5 Å². The molecule has 1 aromatic heterocycles. The number of nitrogens with zero attached hydrogens (tertiary/aromatic N) is 3. The molecule has 3 heterocycles. The van der Waals surface area contributed by atoms with Crippen LogP contribution in [0.2, 0.25) is 0 Å². The smallest absolute Gasteiger partial charge is 0.360 e. The molecule has 2 aliphatic heterocycles. The predicted molar refractivity (Wildman–Crippen MR) is 116 cm³/mol. The van der Waals surface area contributed by atoms with Crippen molar-refractivity contribution >= 4 is 17.0 Å². The number of piperidine rings is 1. The minimum Gasteiger partial charge on any atom is -0.476 e. The van der Waals surface area contributed by atoms with Gasteiger partial charge in [0.15, 0.2) is 0 Å². The van der Waals surface area contributed by atoms with E-state index >= 15 is 0 Å². The first-order valence-electron chi connectivity index (χ1n) is 12.1. The number of benzene rings is 1. The summed E-state index contributed by atoms with van der Waals surface area (Å²) in [5, 5.41) is 9.60. The van der Waals surface area contributed by atoms with Crippen LogP contribution >= 0.6 is 0 Å². The number of para-hydroxylation sites is 2. The molecule has 0 radical (unpaired) electrons. The van der Waals surface area contributed by atoms with Crippen molar-refractivity contribution in [2.45, 2.75) is 81.5 Å². The molecule has 162 valence electrons. The van der Waals surface area contributed by atoms with Crippen LogP contribution in [0.15, 0.2) is 29.1 Å². The monoisotopic (exact) mass is 419 g/mol. The van der Waals surface area contributed by atoms with Gasteiger partial charge in [-0.15, -0.1) is 0 Å². The van der Waals surface area contributed by atoms with E-state index in [0.29, 0.717) is 23.1 Å². The third-order valence-electron chi connectivity index (χ3n) is 9.53. The maximum atomic E-state index is 13.2. The molecule has 6 bridgehead atoms. The lowest BCUT2D eigenvalue weighted by Gasteiger charge is -2.52. The van der Waals surface area contributed by atoms with Crippen LogP contribution in [0.25, 0.3) is 11.0 Å². The topological polar surface area (TPSA) is 75.4 Å². The summed E-state index contributed by atoms with van der Waals surface area (Å²) >= 11 is 0. The zero-order valence-electron chi connectivity index (χ0n) is 17.7. The Labute approximate surface area is 181 Å². The molecule has 2 unspecified atom stereocenters. The summed E-state index contributed by atoms with van der Waals surface area (Å²) in [5.41, 5.74) is 1.01. The Morgan fingerprint density at radius 1 is 0.968 bits per heavy atom. The van der Waals surface area contributed by atoms with Crippen molar-refractivity contribution in [3.8, 4) is 0 Å². The highest BCUT2D eigenvalue weighted by atomic mass is 16.4. The first kappa shape index (κ1) is 18.4. The van der Waals surface area contributed by atoms with E-state index in [1.807, 2.05) is 24.3 Å². The SMILES string of the molecule is O=C(O)c1nc2ccccc2n([C@@H]2C[C@H]3CC[C@@H](C2)N3C23CC4CC(CC2C4)C3)c1=O. The molecule has 1 aromatic carbocycles. The highest BCUT2D eigenvalue weighted by Gasteiger charge is 2.64. The van der Waals surface area contributed by atoms with Crippen LogP contribution in [-0.4, -0.2) is 43.1 Å². The molecule has 6 heteroatoms. The van der Waals surface area contributed by atoms with Crippen molar-refractivity contribution in [2.24, 2.45) is 17.8 Å². The lowest BCUT2D eigenvalue weighted by atomic mass is 9.78. The average Bonchev–Trinajstić information content (AvgIpc) is 3.27. The van der Waals surface area contributed by atoms with Gasteiger partial charge < -0.3 is 9.67 Å². The maximum Gasteiger partial charge on any atom is 0.360 e. The average molecular weight is 420 g/mol. The van der Waals surface area contributed by atoms with Crippen LogP contribution in [0.4, 0.5) is 0 Å². The Morgan fingerprint density at radius 3 is 2.32 bits per heavy atom. The Morgan fingerprint density at radius 2 is 1.65 bits per heavy atom. The number of aromatic carboxylic acids is 1. The second kappa shape index (κ2) is 6.18. The minimum atomic E-state index is -1.23. The molecule has 4 aliphatic carbocycles. The zero-order valence-corrected chi connectivity index (χ0v) is 17.7. The van der Waals surface area contributed by atoms with Gasteiger partial charge in [0.2, 0.25) is 5.69 Å². The van der Waals surface area contributed by atoms with E-state index in [1.165, 1.54) is 44.9 Å². The van der Waals surface area contributed by atoms with Crippen molar-refractivity contribution < 1.29 is 9.90 Å². The number of carboxylic acids is 1. The van der Waals surface area contributed by atoms with E-state index in [4.69, 9.17) is 0 Å². The Hall–Kier alpha value is -2.21. The van der Waals surface area contributed by atoms with E-state index in [0.717, 1.165) is 36.1 Å². The molecule has 6 aliphatic rings. The van der Waals surface area contributed by atoms with Crippen molar-refractivity contribution in [1.82, 2.24) is 14.5 Å². The fourth-order valence-corrected chi connectivity index (χ4v) is 8.92. The number of hydrogen-bond donors (Lipinski definition) is 1. The third-order valence-corrected chi connectivity index (χ3v) is 9.53. The molecular formula is C25H29N3O3. The van der Waals surface area contributed by atoms with E-state index in [2.05, 4.69) is 9.88 Å². The molecule has 5 atom stereocenters. The van der Waals surface area contributed by atoms with Crippen LogP contribution < -0.4 is 5.56 Å². The first-order chi connectivity index (χ1) is 15.0. The predicted octanol–water partition coefficient (Wildman–Crippen LogP) is 3.84. The van der Waals surface area contributed by atoms with Gasteiger partial charge in [0, 0.05) is 23.7 Å². The maximum absolute atomic E-state index is 13.2. The molecule has 0 spiro atoms. The molecule has 6 nitrogen and oxygen atoms in total. The van der Waals surface area contributed by atoms with Gasteiger partial charge in [-0.2, -0.15) is 0 Å². The Bertz CT molecular complexity index is 1130. The molecule has 8 rings (SSSR count). The highest BCUT2D eigenvalue weighted by molar-refractivity contribution is 5.88. The molecule has 0 amide bonds. The standard InChI is InChI=1S/C25H29N3O3/c29-23-22(24(30)31)26-20-3-1-2-4-21(20)27(23)19-10-17-5-6-18(11-19)28(17)25-12-14-7-15(13-25)9-16(25)8-14/h1-4,14-19H,5-13H2,(H,30,31)/t14?,15?,16?,17-,18+,19-,25?. The summed E-state index contributed by atoms with van der Waals surface area (Å²) in [6, 6.07) is 8.60. The number of hydrogen-bond acceptors (Lipinski definition) is 4. The minimum absolute atomic E-state index is 0.0550. The summed E-state index contributed by atoms with van der Waals surface area (Å²) in [7, 11) is 0. The zero-order chi connectivity index (χ0) is 20.9. The molecule has 6 fully saturated rings. The fourth-order valence-electron chi connectivity index (χ4n) is 8.92. The number of carboxylic acid groups (broad SMARTS) is 1. The molecule has 4 saturated carbocycles. The second-order valence-electron chi connectivity index (χ2n) is 11.0. The van der Waals surface area contributed by atoms with Gasteiger partial charge in [0.05, 0.1) is 11.0 Å². The van der Waals surface area contributed by atoms with Gasteiger partial charge in [0.25, 0.3) is 5.56 Å². The summed E-state index contributed by atoms with van der Waals surface area (Å²) in [6.07, 6.45) is 11.5. The van der Waals surface area contributed by atoms with Crippen LogP contribution in [0, 0.1) is 17.8 Å². The summed E-state index contributed by atoms with van der Waals surface area (Å²) in [6.45, 7) is 0. The Balaban J connectivity index is 1.29. The first-order valence-corrected chi connectivity index (χ1v) is 12.1. The van der Waals surface area contributed by atoms with Crippen molar-refractivity contribution in [1.29, 1.82) is 0 Å². The number of carbonyl (C=O) groups is 1. The molecular weight excluding hydrogens is 390 g/mol. The van der Waals surface area contributed by atoms with Crippen molar-refractivity contribution in [2.75, 3.05) is 0 Å². The fraction of sp³-hybridized carbons (Fsp3) is 0.640. The molecule has 31 heavy (non-hydrogen) atoms. The van der Waals surface area contributed by atoms with Crippen molar-refractivity contribution in [3.05, 3.63) is 40.3 Å². The van der Waals surface area contributed by atoms with Gasteiger partial charge in [-0.05, 0) is 87.7 Å². The number of aromatic nitrogens is 2. The summed E-state index contributed by atoms with van der Waals surface area (Å²) in [4.78, 5) is 32.1. The largest absolute Gasteiger partial charge is 0.476 e. The van der Waals surface area contributed by atoms with Gasteiger partial charge >= 0.3 is 5.97 Å². The van der Waals surface area contributed by atoms with Crippen LogP contribution in [0.3, 0.4) is 0 Å². The summed E-state index contributed by atoms with van der Waals surface area (Å²) in [5.74, 6) is 1.54. The second-order valence-corrected chi connectivity index (χ2v) is 11.0. The van der Waals surface area contributed by atoms with Crippen molar-refractivity contribution in [3.63, 3.8) is 0 Å². The van der Waals surface area contributed by atoms with Crippen LogP contribution in [-0.2, 0) is 0 Å². The van der Waals surface area contributed by atoms with E-state index in [9.17, 15) is 14.7 Å². The number of rotatable bonds is 3. The third kappa shape index (κ3) is 2.40. The lowest BCUT2D eigenvalue weighted by molar-refractivity contribution is -0.0244. The lowest BCUT2D eigenvalue weighted by Crippen LogP contribution is -2.58. The highest BCUT2D eigenvalue weighted by Crippen LogP contribution is 2.65. The molecule has 1 N–H and O–H groups in total. The molecule has 2 saturated heterocycles. The van der Waals surface area contributed by atoms with Gasteiger partial charge in [0.1, 0.15) is 0 Å². The quantitative estimate of drug-likeness (QED) is 0.818. The number of fused-ring (bicyclic) bond motifs is 3. The van der Waals surface area contributed by atoms with E-state index in [-0.39, 0.29) is 11.7 Å². The van der Waals surface area contributed by atoms with Gasteiger partial charge in [-0.3, -0.25) is 9.69 Å². The molecule has 2 aromatic rings. The normalized spacial score (nSPS) is 40.8. The van der Waals surface area contributed by atoms with Crippen LogP contribution in [0.5, 0.6) is 0 Å². The Kier molecular flexibility index (Phi) is 3.66. The summed E-state index contributed by atoms with van der Waals surface area (Å²) < 4.78 is 1.78. The van der Waals surface area contributed by atoms with Gasteiger partial charge in [-0.25, -0.2) is 9.78 Å². The van der Waals surface area contributed by atoms with Crippen LogP contribution in [0.1, 0.15) is 74.3 Å². The van der Waals surface area contributed by atoms with E-state index in [1.54, 1.807) is 4.57 Å². The van der Waals surface area contributed by atoms with Gasteiger partial charge in [-0.1, -0.05) is 12.1 Å².